The van der Waals surface area contributed by atoms with Crippen molar-refractivity contribution in [1.82, 2.24) is 4.90 Å². The van der Waals surface area contributed by atoms with Gasteiger partial charge in [-0.2, -0.15) is 0 Å². The van der Waals surface area contributed by atoms with Crippen LogP contribution in [0.25, 0.3) is 6.08 Å². The van der Waals surface area contributed by atoms with Gasteiger partial charge in [0.25, 0.3) is 5.91 Å². The standard InChI is InChI=1S/C18H20N2O4S2/c21-16(22)2-1-7-20-17(23)15(26-18(20)25)12-13-3-5-14(6-4-13)19-8-10-24-11-9-19/h3-6,12H,1-2,7-11H2,(H,21,22)/p-1/b15-12+. The van der Waals surface area contributed by atoms with E-state index in [1.165, 1.54) is 16.7 Å². The van der Waals surface area contributed by atoms with Crippen molar-refractivity contribution in [2.45, 2.75) is 12.8 Å². The van der Waals surface area contributed by atoms with Gasteiger partial charge in [0.05, 0.1) is 18.1 Å². The summed E-state index contributed by atoms with van der Waals surface area (Å²) in [6.07, 6.45) is 2.07. The molecule has 6 nitrogen and oxygen atoms in total. The normalized spacial score (nSPS) is 19.5. The van der Waals surface area contributed by atoms with E-state index in [2.05, 4.69) is 4.90 Å². The summed E-state index contributed by atoms with van der Waals surface area (Å²) in [6, 6.07) is 8.04. The van der Waals surface area contributed by atoms with Gasteiger partial charge in [-0.15, -0.1) is 0 Å². The number of rotatable bonds is 6. The van der Waals surface area contributed by atoms with Gasteiger partial charge >= 0.3 is 0 Å². The smallest absolute Gasteiger partial charge is 0.266 e. The number of thioether (sulfide) groups is 1. The maximum atomic E-state index is 12.5. The molecule has 1 aromatic rings. The molecule has 8 heteroatoms. The van der Waals surface area contributed by atoms with Crippen molar-refractivity contribution in [3.05, 3.63) is 34.7 Å². The molecule has 1 amide bonds. The second-order valence-corrected chi connectivity index (χ2v) is 7.68. The van der Waals surface area contributed by atoms with E-state index in [1.807, 2.05) is 30.3 Å². The van der Waals surface area contributed by atoms with Gasteiger partial charge in [-0.05, 0) is 36.6 Å². The molecule has 26 heavy (non-hydrogen) atoms. The van der Waals surface area contributed by atoms with E-state index >= 15 is 0 Å². The lowest BCUT2D eigenvalue weighted by molar-refractivity contribution is -0.305. The highest BCUT2D eigenvalue weighted by Crippen LogP contribution is 2.33. The number of nitrogens with zero attached hydrogens (tertiary/aromatic N) is 2. The minimum absolute atomic E-state index is 0.0842. The Kier molecular flexibility index (Phi) is 6.29. The second kappa shape index (κ2) is 8.66. The van der Waals surface area contributed by atoms with Crippen molar-refractivity contribution in [1.29, 1.82) is 0 Å². The summed E-state index contributed by atoms with van der Waals surface area (Å²) in [5.74, 6) is -1.29. The Morgan fingerprint density at radius 3 is 2.62 bits per heavy atom. The number of hydrogen-bond acceptors (Lipinski definition) is 7. The quantitative estimate of drug-likeness (QED) is 0.534. The molecule has 3 rings (SSSR count). The molecule has 2 aliphatic heterocycles. The number of amides is 1. The topological polar surface area (TPSA) is 72.9 Å². The number of benzene rings is 1. The first-order valence-corrected chi connectivity index (χ1v) is 9.65. The number of carbonyl (C=O) groups is 2. The first-order valence-electron chi connectivity index (χ1n) is 8.42. The van der Waals surface area contributed by atoms with E-state index in [4.69, 9.17) is 17.0 Å². The van der Waals surface area contributed by atoms with Crippen LogP contribution in [-0.2, 0) is 14.3 Å². The third kappa shape index (κ3) is 4.63. The van der Waals surface area contributed by atoms with Crippen molar-refractivity contribution < 1.29 is 19.4 Å². The van der Waals surface area contributed by atoms with Crippen LogP contribution in [0.15, 0.2) is 29.2 Å². The average Bonchev–Trinajstić information content (AvgIpc) is 2.90. The van der Waals surface area contributed by atoms with Crippen LogP contribution < -0.4 is 10.0 Å². The van der Waals surface area contributed by atoms with Gasteiger partial charge < -0.3 is 19.5 Å². The highest BCUT2D eigenvalue weighted by molar-refractivity contribution is 8.26. The van der Waals surface area contributed by atoms with E-state index in [0.29, 0.717) is 22.2 Å². The zero-order valence-corrected chi connectivity index (χ0v) is 15.8. The van der Waals surface area contributed by atoms with Crippen molar-refractivity contribution in [3.8, 4) is 0 Å². The molecule has 0 atom stereocenters. The van der Waals surface area contributed by atoms with Crippen molar-refractivity contribution in [2.75, 3.05) is 37.7 Å². The summed E-state index contributed by atoms with van der Waals surface area (Å²) in [5.41, 5.74) is 2.07. The fourth-order valence-corrected chi connectivity index (χ4v) is 4.14. The number of morpholine rings is 1. The van der Waals surface area contributed by atoms with Gasteiger partial charge in [0.2, 0.25) is 0 Å². The number of hydrogen-bond donors (Lipinski definition) is 0. The van der Waals surface area contributed by atoms with E-state index in [0.717, 1.165) is 37.6 Å². The minimum Gasteiger partial charge on any atom is -0.550 e. The molecular formula is C18H19N2O4S2-. The number of thiocarbonyl (C=S) groups is 1. The Morgan fingerprint density at radius 2 is 1.96 bits per heavy atom. The van der Waals surface area contributed by atoms with Gasteiger partial charge in [-0.1, -0.05) is 36.1 Å². The predicted molar refractivity (Wildman–Crippen MR) is 104 cm³/mol. The Hall–Kier alpha value is -1.90. The summed E-state index contributed by atoms with van der Waals surface area (Å²) >= 11 is 6.49. The maximum Gasteiger partial charge on any atom is 0.266 e. The van der Waals surface area contributed by atoms with Crippen LogP contribution in [0.1, 0.15) is 18.4 Å². The Bertz CT molecular complexity index is 727. The second-order valence-electron chi connectivity index (χ2n) is 6.00. The summed E-state index contributed by atoms with van der Waals surface area (Å²) in [7, 11) is 0. The zero-order chi connectivity index (χ0) is 18.5. The van der Waals surface area contributed by atoms with Gasteiger partial charge in [-0.3, -0.25) is 9.69 Å². The molecule has 2 aliphatic rings. The zero-order valence-electron chi connectivity index (χ0n) is 14.2. The highest BCUT2D eigenvalue weighted by Gasteiger charge is 2.31. The monoisotopic (exact) mass is 391 g/mol. The van der Waals surface area contributed by atoms with E-state index < -0.39 is 5.97 Å². The summed E-state index contributed by atoms with van der Waals surface area (Å²) in [4.78, 5) is 27.3. The van der Waals surface area contributed by atoms with Crippen LogP contribution in [0, 0.1) is 0 Å². The van der Waals surface area contributed by atoms with E-state index in [1.54, 1.807) is 0 Å². The molecule has 0 unspecified atom stereocenters. The Labute approximate surface area is 161 Å². The third-order valence-electron chi connectivity index (χ3n) is 4.20. The molecule has 0 aromatic heterocycles. The first-order chi connectivity index (χ1) is 12.5. The van der Waals surface area contributed by atoms with Gasteiger partial charge in [0.15, 0.2) is 0 Å². The van der Waals surface area contributed by atoms with E-state index in [9.17, 15) is 14.7 Å². The van der Waals surface area contributed by atoms with Crippen LogP contribution >= 0.6 is 24.0 Å². The van der Waals surface area contributed by atoms with E-state index in [-0.39, 0.29) is 12.3 Å². The fourth-order valence-electron chi connectivity index (χ4n) is 2.83. The molecule has 0 bridgehead atoms. The number of anilines is 1. The largest absolute Gasteiger partial charge is 0.550 e. The molecule has 1 aromatic carbocycles. The molecule has 0 saturated carbocycles. The molecule has 2 heterocycles. The lowest BCUT2D eigenvalue weighted by Crippen LogP contribution is -2.36. The number of ether oxygens (including phenoxy) is 1. The Morgan fingerprint density at radius 1 is 1.27 bits per heavy atom. The van der Waals surface area contributed by atoms with Crippen LogP contribution in [0.5, 0.6) is 0 Å². The first kappa shape index (κ1) is 18.9. The molecule has 0 spiro atoms. The van der Waals surface area contributed by atoms with Crippen LogP contribution in [-0.4, -0.2) is 53.9 Å². The predicted octanol–water partition coefficient (Wildman–Crippen LogP) is 1.25. The van der Waals surface area contributed by atoms with Gasteiger partial charge in [-0.25, -0.2) is 0 Å². The molecule has 138 valence electrons. The molecule has 2 fully saturated rings. The van der Waals surface area contributed by atoms with Crippen molar-refractivity contribution >= 4 is 51.9 Å². The maximum absolute atomic E-state index is 12.5. The molecular weight excluding hydrogens is 372 g/mol. The Balaban J connectivity index is 1.64. The summed E-state index contributed by atoms with van der Waals surface area (Å²) < 4.78 is 5.82. The number of carbonyl (C=O) groups excluding carboxylic acids is 2. The van der Waals surface area contributed by atoms with Gasteiger partial charge in [0, 0.05) is 31.3 Å². The molecule has 0 N–H and O–H groups in total. The number of aliphatic carboxylic acids is 1. The van der Waals surface area contributed by atoms with Crippen LogP contribution in [0.2, 0.25) is 0 Å². The average molecular weight is 391 g/mol. The lowest BCUT2D eigenvalue weighted by Gasteiger charge is -2.28. The highest BCUT2D eigenvalue weighted by atomic mass is 32.2. The van der Waals surface area contributed by atoms with Gasteiger partial charge in [0.1, 0.15) is 4.32 Å². The summed E-state index contributed by atoms with van der Waals surface area (Å²) in [5, 5.41) is 10.5. The minimum atomic E-state index is -1.12. The van der Waals surface area contributed by atoms with Crippen LogP contribution in [0.4, 0.5) is 5.69 Å². The summed E-state index contributed by atoms with van der Waals surface area (Å²) in [6.45, 7) is 3.53. The number of carboxylic acid groups (broad SMARTS) is 1. The molecule has 2 saturated heterocycles. The number of carboxylic acids is 1. The van der Waals surface area contributed by atoms with Crippen molar-refractivity contribution in [2.24, 2.45) is 0 Å². The molecule has 0 radical (unpaired) electrons. The fraction of sp³-hybridized carbons (Fsp3) is 0.389. The van der Waals surface area contributed by atoms with Crippen molar-refractivity contribution in [3.63, 3.8) is 0 Å². The SMILES string of the molecule is O=C([O-])CCCN1C(=O)/C(=C\c2ccc(N3CCOCC3)cc2)SC1=S. The third-order valence-corrected chi connectivity index (χ3v) is 5.58. The molecule has 0 aliphatic carbocycles. The van der Waals surface area contributed by atoms with Crippen LogP contribution in [0.3, 0.4) is 0 Å². The lowest BCUT2D eigenvalue weighted by atomic mass is 10.1.